The summed E-state index contributed by atoms with van der Waals surface area (Å²) < 4.78 is 65.5. The van der Waals surface area contributed by atoms with Crippen molar-refractivity contribution in [3.05, 3.63) is 87.4 Å². The van der Waals surface area contributed by atoms with Gasteiger partial charge in [0.1, 0.15) is 36.2 Å². The molecule has 70 heavy (non-hydrogen) atoms. The molecule has 2 aromatic heterocycles. The number of nitrogens with one attached hydrogen (secondary N) is 3. The number of carbonyl (C=O) groups excluding carboxylic acids is 3. The number of rotatable bonds is 12. The Morgan fingerprint density at radius 1 is 0.886 bits per heavy atom. The van der Waals surface area contributed by atoms with Crippen LogP contribution in [-0.4, -0.2) is 121 Å². The van der Waals surface area contributed by atoms with Gasteiger partial charge in [-0.3, -0.25) is 29.6 Å². The number of amides is 3. The van der Waals surface area contributed by atoms with Crippen LogP contribution in [0.4, 0.5) is 47.7 Å². The number of piperazine rings is 1. The summed E-state index contributed by atoms with van der Waals surface area (Å²) in [6.45, 7) is 12.3. The lowest BCUT2D eigenvalue weighted by Gasteiger charge is -2.44. The topological polar surface area (TPSA) is 165 Å². The molecule has 5 aromatic rings. The van der Waals surface area contributed by atoms with Crippen molar-refractivity contribution in [3.63, 3.8) is 0 Å². The first-order valence-corrected chi connectivity index (χ1v) is 27.2. The number of piperidine rings is 2. The maximum atomic E-state index is 15.3. The number of hydrogen-bond donors (Lipinski definition) is 3. The monoisotopic (exact) mass is 1040 g/mol. The Bertz CT molecular complexity index is 2900. The first-order chi connectivity index (χ1) is 33.5. The van der Waals surface area contributed by atoms with Crippen molar-refractivity contribution >= 4 is 91.5 Å². The minimum absolute atomic E-state index is 0.0209. The second-order valence-corrected chi connectivity index (χ2v) is 23.0. The Hall–Kier alpha value is -5.78. The number of hydrogen-bond acceptors (Lipinski definition) is 13. The van der Waals surface area contributed by atoms with Crippen molar-refractivity contribution in [1.82, 2.24) is 30.1 Å². The predicted octanol–water partition coefficient (Wildman–Crippen LogP) is 7.98. The van der Waals surface area contributed by atoms with Crippen LogP contribution in [0.25, 0.3) is 10.9 Å². The molecule has 2 atom stereocenters. The number of aromatic nitrogens is 3. The van der Waals surface area contributed by atoms with E-state index in [0.29, 0.717) is 93.9 Å². The minimum atomic E-state index is -2.94. The molecule has 0 unspecified atom stereocenters. The van der Waals surface area contributed by atoms with Gasteiger partial charge in [0, 0.05) is 105 Å². The van der Waals surface area contributed by atoms with Crippen molar-refractivity contribution < 1.29 is 36.9 Å². The number of carbonyl (C=O) groups is 3. The first kappa shape index (κ1) is 49.2. The van der Waals surface area contributed by atoms with E-state index in [4.69, 9.17) is 9.72 Å². The van der Waals surface area contributed by atoms with Crippen molar-refractivity contribution in [2.75, 3.05) is 93.2 Å². The lowest BCUT2D eigenvalue weighted by Crippen LogP contribution is -2.55. The highest BCUT2D eigenvalue weighted by atomic mass is 79.9. The second kappa shape index (κ2) is 20.1. The van der Waals surface area contributed by atoms with Crippen LogP contribution >= 0.6 is 23.1 Å². The lowest BCUT2D eigenvalue weighted by atomic mass is 9.89. The Morgan fingerprint density at radius 3 is 2.27 bits per heavy atom. The van der Waals surface area contributed by atoms with Crippen LogP contribution in [-0.2, 0) is 25.4 Å². The van der Waals surface area contributed by atoms with E-state index in [-0.39, 0.29) is 35.9 Å². The van der Waals surface area contributed by atoms with Crippen LogP contribution < -0.4 is 35.8 Å². The molecule has 4 aliphatic rings. The van der Waals surface area contributed by atoms with Crippen molar-refractivity contribution in [3.8, 4) is 5.75 Å². The van der Waals surface area contributed by atoms with Gasteiger partial charge in [0.2, 0.25) is 23.7 Å². The average molecular weight is 1050 g/mol. The molecule has 4 saturated heterocycles. The molecule has 0 aliphatic carbocycles. The van der Waals surface area contributed by atoms with E-state index >= 15 is 8.78 Å². The zero-order valence-electron chi connectivity index (χ0n) is 39.9. The summed E-state index contributed by atoms with van der Waals surface area (Å²) in [5.74, 6) is -3.21. The van der Waals surface area contributed by atoms with Gasteiger partial charge in [-0.15, -0.1) is 0 Å². The summed E-state index contributed by atoms with van der Waals surface area (Å²) in [7, 11) is -1.30. The van der Waals surface area contributed by atoms with E-state index < -0.39 is 42.3 Å². The Morgan fingerprint density at radius 2 is 1.60 bits per heavy atom. The third-order valence-corrected chi connectivity index (χ3v) is 16.3. The quantitative estimate of drug-likeness (QED) is 0.0815. The maximum absolute atomic E-state index is 15.3. The molecule has 20 heteroatoms. The molecule has 3 aromatic carbocycles. The van der Waals surface area contributed by atoms with Gasteiger partial charge in [0.05, 0.1) is 46.0 Å². The van der Waals surface area contributed by atoms with Crippen molar-refractivity contribution in [2.24, 2.45) is 5.92 Å². The van der Waals surface area contributed by atoms with Crippen LogP contribution in [0.5, 0.6) is 5.75 Å². The highest BCUT2D eigenvalue weighted by Crippen LogP contribution is 2.43. The number of methoxy groups -OCH3 is 1. The third-order valence-electron chi connectivity index (χ3n) is 14.2. The highest BCUT2D eigenvalue weighted by molar-refractivity contribution is 9.10. The van der Waals surface area contributed by atoms with E-state index in [1.807, 2.05) is 9.80 Å². The SMILES string of the molecule is CCc1cc(Nc2ncc(Br)c(Nc3ccc4nc(C)c(F)cc4c3P(C)(C)=O)n2)c(OC)cc1N1CCC(N2CCN(C(=O)[C@@H]3CCN(c4cc(F)c([C@H]5CCC(=O)NC5=O)c(F)c4)C3)CC2)CC1. The van der Waals surface area contributed by atoms with Gasteiger partial charge in [-0.2, -0.15) is 4.98 Å². The summed E-state index contributed by atoms with van der Waals surface area (Å²) in [5.41, 5.74) is 4.29. The van der Waals surface area contributed by atoms with Gasteiger partial charge in [-0.05, 0) is 110 Å². The van der Waals surface area contributed by atoms with E-state index in [0.717, 1.165) is 56.7 Å². The molecule has 9 rings (SSSR count). The van der Waals surface area contributed by atoms with Gasteiger partial charge >= 0.3 is 0 Å². The van der Waals surface area contributed by atoms with Crippen LogP contribution in [0.2, 0.25) is 0 Å². The zero-order chi connectivity index (χ0) is 49.6. The largest absolute Gasteiger partial charge is 0.494 e. The number of fused-ring (bicyclic) bond motifs is 1. The van der Waals surface area contributed by atoms with Crippen LogP contribution in [0.15, 0.2) is 53.1 Å². The van der Waals surface area contributed by atoms with Gasteiger partial charge in [0.15, 0.2) is 0 Å². The second-order valence-electron chi connectivity index (χ2n) is 18.9. The molecule has 0 bridgehead atoms. The number of halogens is 4. The Balaban J connectivity index is 0.800. The molecule has 0 saturated carbocycles. The molecule has 370 valence electrons. The van der Waals surface area contributed by atoms with Crippen LogP contribution in [0.1, 0.15) is 61.8 Å². The summed E-state index contributed by atoms with van der Waals surface area (Å²) in [4.78, 5) is 60.0. The van der Waals surface area contributed by atoms with Gasteiger partial charge in [-0.25, -0.2) is 18.2 Å². The first-order valence-electron chi connectivity index (χ1n) is 23.8. The fourth-order valence-electron chi connectivity index (χ4n) is 10.5. The summed E-state index contributed by atoms with van der Waals surface area (Å²) in [6, 6.07) is 11.9. The Kier molecular flexibility index (Phi) is 14.2. The number of nitrogens with zero attached hydrogens (tertiary/aromatic N) is 7. The number of aryl methyl sites for hydroxylation is 2. The standard InChI is InChI=1S/C50H57BrF3N10O5P/c1-6-29-21-41(58-50-55-26-35(51)47(60-50)57-40-9-8-39-34(46(40)70(4,5)68)24-36(52)28(2)56-39)43(69-3)25-42(29)62-15-12-31(13-16-62)61-17-19-63(20-18-61)49(67)30-11-14-64(27-30)32-22-37(53)45(38(54)23-32)33-7-10-44(65)59-48(33)66/h8-9,21-26,30-31,33H,6-7,10-20,27H2,1-5H3,(H,59,65,66)(H2,55,57,58,60)/t30-,33-/m1/s1. The minimum Gasteiger partial charge on any atom is -0.494 e. The van der Waals surface area contributed by atoms with E-state index in [9.17, 15) is 23.3 Å². The number of anilines is 6. The lowest BCUT2D eigenvalue weighted by molar-refractivity contribution is -0.137. The summed E-state index contributed by atoms with van der Waals surface area (Å²) in [5, 5.41) is 9.79. The summed E-state index contributed by atoms with van der Waals surface area (Å²) >= 11 is 3.56. The fraction of sp³-hybridized carbons (Fsp3) is 0.440. The summed E-state index contributed by atoms with van der Waals surface area (Å²) in [6.07, 6.45) is 4.97. The smallest absolute Gasteiger partial charge is 0.234 e. The average Bonchev–Trinajstić information content (AvgIpc) is 3.83. The molecule has 3 amide bonds. The van der Waals surface area contributed by atoms with Crippen LogP contribution in [0.3, 0.4) is 0 Å². The van der Waals surface area contributed by atoms with Crippen molar-refractivity contribution in [1.29, 1.82) is 0 Å². The maximum Gasteiger partial charge on any atom is 0.234 e. The van der Waals surface area contributed by atoms with E-state index in [1.54, 1.807) is 45.7 Å². The van der Waals surface area contributed by atoms with Gasteiger partial charge < -0.3 is 34.6 Å². The fourth-order valence-corrected chi connectivity index (χ4v) is 12.3. The molecule has 6 heterocycles. The number of ether oxygens (including phenoxy) is 1. The van der Waals surface area contributed by atoms with Gasteiger partial charge in [-0.1, -0.05) is 6.92 Å². The van der Waals surface area contributed by atoms with E-state index in [2.05, 4.69) is 70.7 Å². The zero-order valence-corrected chi connectivity index (χ0v) is 42.4. The van der Waals surface area contributed by atoms with Crippen molar-refractivity contribution in [2.45, 2.75) is 64.3 Å². The van der Waals surface area contributed by atoms with E-state index in [1.165, 1.54) is 18.2 Å². The predicted molar refractivity (Wildman–Crippen MR) is 269 cm³/mol. The Labute approximate surface area is 413 Å². The molecule has 0 spiro atoms. The number of benzene rings is 3. The molecule has 4 aliphatic heterocycles. The molecular weight excluding hydrogens is 988 g/mol. The number of imide groups is 1. The van der Waals surface area contributed by atoms with Crippen LogP contribution in [0, 0.1) is 30.3 Å². The molecule has 0 radical (unpaired) electrons. The third kappa shape index (κ3) is 10.1. The normalized spacial score (nSPS) is 19.5. The molecule has 15 nitrogen and oxygen atoms in total. The highest BCUT2D eigenvalue weighted by Gasteiger charge is 2.37. The number of pyridine rings is 1. The van der Waals surface area contributed by atoms with Gasteiger partial charge in [0.25, 0.3) is 0 Å². The molecule has 4 fully saturated rings. The molecular formula is C50H57BrF3N10O5P. The molecule has 3 N–H and O–H groups in total.